The van der Waals surface area contributed by atoms with Crippen molar-refractivity contribution in [3.8, 4) is 0 Å². The Labute approximate surface area is 118 Å². The monoisotopic (exact) mass is 285 g/mol. The molecule has 7 nitrogen and oxygen atoms in total. The highest BCUT2D eigenvalue weighted by Gasteiger charge is 2.24. The number of amides is 3. The van der Waals surface area contributed by atoms with Crippen LogP contribution in [0.4, 0.5) is 4.79 Å². The number of nitrogens with zero attached hydrogens (tertiary/aromatic N) is 2. The number of carboxylic acids is 1. The third-order valence-electron chi connectivity index (χ3n) is 3.40. The predicted octanol–water partition coefficient (Wildman–Crippen LogP) is 0.504. The van der Waals surface area contributed by atoms with E-state index in [1.807, 2.05) is 6.92 Å². The average Bonchev–Trinajstić information content (AvgIpc) is 2.38. The molecule has 1 atom stereocenters. The Bertz CT molecular complexity index is 365. The van der Waals surface area contributed by atoms with Crippen LogP contribution in [0.25, 0.3) is 0 Å². The van der Waals surface area contributed by atoms with Crippen molar-refractivity contribution in [2.45, 2.75) is 39.2 Å². The maximum atomic E-state index is 12.1. The summed E-state index contributed by atoms with van der Waals surface area (Å²) in [5.74, 6) is -0.898. The summed E-state index contributed by atoms with van der Waals surface area (Å²) in [5.41, 5.74) is 0. The molecule has 114 valence electrons. The first-order chi connectivity index (χ1) is 9.43. The van der Waals surface area contributed by atoms with Crippen molar-refractivity contribution < 1.29 is 19.5 Å². The molecule has 0 bridgehead atoms. The van der Waals surface area contributed by atoms with Crippen LogP contribution in [0.5, 0.6) is 0 Å². The molecule has 1 fully saturated rings. The Morgan fingerprint density at radius 2 is 1.70 bits per heavy atom. The lowest BCUT2D eigenvalue weighted by molar-refractivity contribution is -0.137. The number of nitrogens with one attached hydrogen (secondary N) is 1. The standard InChI is InChI=1S/C13H23N3O4/c1-3-4-11(9-12(18)19)14-13(20)16-7-5-15(6-8-16)10(2)17/h11H,3-9H2,1-2H3,(H,14,20)(H,18,19). The van der Waals surface area contributed by atoms with Crippen molar-refractivity contribution >= 4 is 17.9 Å². The minimum Gasteiger partial charge on any atom is -0.481 e. The normalized spacial score (nSPS) is 16.7. The molecule has 2 N–H and O–H groups in total. The quantitative estimate of drug-likeness (QED) is 0.770. The highest BCUT2D eigenvalue weighted by molar-refractivity contribution is 5.77. The Morgan fingerprint density at radius 1 is 1.15 bits per heavy atom. The van der Waals surface area contributed by atoms with Gasteiger partial charge in [0.25, 0.3) is 0 Å². The number of carboxylic acid groups (broad SMARTS) is 1. The largest absolute Gasteiger partial charge is 0.481 e. The van der Waals surface area contributed by atoms with E-state index in [9.17, 15) is 14.4 Å². The molecule has 1 heterocycles. The van der Waals surface area contributed by atoms with E-state index in [1.165, 1.54) is 6.92 Å². The molecule has 0 aromatic rings. The van der Waals surface area contributed by atoms with Gasteiger partial charge in [0.1, 0.15) is 0 Å². The molecule has 20 heavy (non-hydrogen) atoms. The van der Waals surface area contributed by atoms with E-state index in [-0.39, 0.29) is 24.4 Å². The summed E-state index contributed by atoms with van der Waals surface area (Å²) in [6.45, 7) is 5.49. The first-order valence-corrected chi connectivity index (χ1v) is 6.96. The summed E-state index contributed by atoms with van der Waals surface area (Å²) < 4.78 is 0. The van der Waals surface area contributed by atoms with Gasteiger partial charge in [-0.3, -0.25) is 9.59 Å². The first kappa shape index (κ1) is 16.3. The van der Waals surface area contributed by atoms with Crippen molar-refractivity contribution in [3.63, 3.8) is 0 Å². The number of carbonyl (C=O) groups is 3. The Hall–Kier alpha value is -1.79. The van der Waals surface area contributed by atoms with Crippen molar-refractivity contribution in [1.29, 1.82) is 0 Å². The average molecular weight is 285 g/mol. The van der Waals surface area contributed by atoms with Gasteiger partial charge in [-0.2, -0.15) is 0 Å². The SMILES string of the molecule is CCCC(CC(=O)O)NC(=O)N1CCN(C(C)=O)CC1. The molecular formula is C13H23N3O4. The van der Waals surface area contributed by atoms with E-state index in [1.54, 1.807) is 9.80 Å². The number of carbonyl (C=O) groups excluding carboxylic acids is 2. The molecule has 1 aliphatic heterocycles. The van der Waals surface area contributed by atoms with Gasteiger partial charge in [0, 0.05) is 39.1 Å². The summed E-state index contributed by atoms with van der Waals surface area (Å²) in [4.78, 5) is 37.3. The fraction of sp³-hybridized carbons (Fsp3) is 0.769. The molecule has 0 aromatic heterocycles. The number of piperazine rings is 1. The van der Waals surface area contributed by atoms with Crippen LogP contribution < -0.4 is 5.32 Å². The van der Waals surface area contributed by atoms with Crippen LogP contribution in [0, 0.1) is 0 Å². The van der Waals surface area contributed by atoms with E-state index in [2.05, 4.69) is 5.32 Å². The smallest absolute Gasteiger partial charge is 0.317 e. The molecule has 0 aliphatic carbocycles. The van der Waals surface area contributed by atoms with Gasteiger partial charge in [0.15, 0.2) is 0 Å². The van der Waals surface area contributed by atoms with Gasteiger partial charge in [-0.05, 0) is 6.42 Å². The Kier molecular flexibility index (Phi) is 6.27. The lowest BCUT2D eigenvalue weighted by atomic mass is 10.1. The van der Waals surface area contributed by atoms with E-state index in [0.29, 0.717) is 32.6 Å². The lowest BCUT2D eigenvalue weighted by Gasteiger charge is -2.35. The number of rotatable bonds is 5. The minimum absolute atomic E-state index is 0.0137. The summed E-state index contributed by atoms with van der Waals surface area (Å²) in [5, 5.41) is 11.6. The van der Waals surface area contributed by atoms with Gasteiger partial charge in [0.2, 0.25) is 5.91 Å². The molecule has 1 unspecified atom stereocenters. The molecule has 0 spiro atoms. The fourth-order valence-electron chi connectivity index (χ4n) is 2.27. The zero-order valence-corrected chi connectivity index (χ0v) is 12.1. The summed E-state index contributed by atoms with van der Waals surface area (Å²) in [6.07, 6.45) is 1.40. The van der Waals surface area contributed by atoms with Crippen molar-refractivity contribution in [3.05, 3.63) is 0 Å². The van der Waals surface area contributed by atoms with E-state index in [0.717, 1.165) is 6.42 Å². The van der Waals surface area contributed by atoms with Crippen molar-refractivity contribution in [2.24, 2.45) is 0 Å². The molecule has 0 aromatic carbocycles. The zero-order chi connectivity index (χ0) is 15.1. The number of hydrogen-bond acceptors (Lipinski definition) is 3. The minimum atomic E-state index is -0.912. The number of urea groups is 1. The van der Waals surface area contributed by atoms with Crippen LogP contribution in [0.2, 0.25) is 0 Å². The molecule has 1 aliphatic rings. The van der Waals surface area contributed by atoms with Gasteiger partial charge in [-0.15, -0.1) is 0 Å². The lowest BCUT2D eigenvalue weighted by Crippen LogP contribution is -2.54. The second-order valence-corrected chi connectivity index (χ2v) is 5.03. The second-order valence-electron chi connectivity index (χ2n) is 5.03. The van der Waals surface area contributed by atoms with Crippen LogP contribution in [0.15, 0.2) is 0 Å². The van der Waals surface area contributed by atoms with Gasteiger partial charge in [0.05, 0.1) is 6.42 Å². The van der Waals surface area contributed by atoms with Gasteiger partial charge >= 0.3 is 12.0 Å². The summed E-state index contributed by atoms with van der Waals surface area (Å²) >= 11 is 0. The molecule has 0 radical (unpaired) electrons. The molecule has 0 saturated carbocycles. The van der Waals surface area contributed by atoms with Crippen LogP contribution in [-0.2, 0) is 9.59 Å². The Morgan fingerprint density at radius 3 is 2.15 bits per heavy atom. The van der Waals surface area contributed by atoms with Crippen molar-refractivity contribution in [2.75, 3.05) is 26.2 Å². The second kappa shape index (κ2) is 7.72. The number of aliphatic carboxylic acids is 1. The van der Waals surface area contributed by atoms with Crippen LogP contribution in [0.3, 0.4) is 0 Å². The van der Waals surface area contributed by atoms with Crippen molar-refractivity contribution in [1.82, 2.24) is 15.1 Å². The zero-order valence-electron chi connectivity index (χ0n) is 12.1. The fourth-order valence-corrected chi connectivity index (χ4v) is 2.27. The molecular weight excluding hydrogens is 262 g/mol. The van der Waals surface area contributed by atoms with Gasteiger partial charge < -0.3 is 20.2 Å². The highest BCUT2D eigenvalue weighted by atomic mass is 16.4. The maximum absolute atomic E-state index is 12.1. The third-order valence-corrected chi connectivity index (χ3v) is 3.40. The molecule has 1 rings (SSSR count). The van der Waals surface area contributed by atoms with E-state index in [4.69, 9.17) is 5.11 Å². The molecule has 3 amide bonds. The van der Waals surface area contributed by atoms with Crippen LogP contribution in [0.1, 0.15) is 33.1 Å². The Balaban J connectivity index is 2.45. The number of hydrogen-bond donors (Lipinski definition) is 2. The summed E-state index contributed by atoms with van der Waals surface area (Å²) in [7, 11) is 0. The molecule has 7 heteroatoms. The van der Waals surface area contributed by atoms with Crippen LogP contribution >= 0.6 is 0 Å². The van der Waals surface area contributed by atoms with Crippen LogP contribution in [-0.4, -0.2) is 65.0 Å². The third kappa shape index (κ3) is 5.07. The van der Waals surface area contributed by atoms with Gasteiger partial charge in [-0.1, -0.05) is 13.3 Å². The molecule has 1 saturated heterocycles. The maximum Gasteiger partial charge on any atom is 0.317 e. The van der Waals surface area contributed by atoms with E-state index < -0.39 is 5.97 Å². The predicted molar refractivity (Wildman–Crippen MR) is 73.3 cm³/mol. The highest BCUT2D eigenvalue weighted by Crippen LogP contribution is 2.06. The summed E-state index contributed by atoms with van der Waals surface area (Å²) in [6, 6.07) is -0.580. The van der Waals surface area contributed by atoms with Gasteiger partial charge in [-0.25, -0.2) is 4.79 Å². The van der Waals surface area contributed by atoms with E-state index >= 15 is 0 Å². The topological polar surface area (TPSA) is 89.9 Å². The first-order valence-electron chi connectivity index (χ1n) is 6.96.